The fraction of sp³-hybridized carbons (Fsp3) is 0.364. The second kappa shape index (κ2) is 3.81. The van der Waals surface area contributed by atoms with Crippen molar-refractivity contribution >= 4 is 11.6 Å². The Hall–Kier alpha value is -1.71. The molecule has 1 aromatic rings. The van der Waals surface area contributed by atoms with Crippen LogP contribution >= 0.6 is 0 Å². The van der Waals surface area contributed by atoms with Gasteiger partial charge in [0.05, 0.1) is 12.2 Å². The summed E-state index contributed by atoms with van der Waals surface area (Å²) in [5, 5.41) is 3.18. The molecule has 4 heteroatoms. The SMILES string of the molecule is CN(C)C(=O)C1CNc2ccccc2O1. The summed E-state index contributed by atoms with van der Waals surface area (Å²) >= 11 is 0. The first kappa shape index (κ1) is 9.83. The van der Waals surface area contributed by atoms with E-state index in [4.69, 9.17) is 4.74 Å². The minimum absolute atomic E-state index is 0.0167. The van der Waals surface area contributed by atoms with Gasteiger partial charge in [-0.1, -0.05) is 12.1 Å². The van der Waals surface area contributed by atoms with E-state index in [0.29, 0.717) is 6.54 Å². The molecular formula is C11H14N2O2. The zero-order valence-corrected chi connectivity index (χ0v) is 8.86. The fourth-order valence-electron chi connectivity index (χ4n) is 1.54. The van der Waals surface area contributed by atoms with Gasteiger partial charge in [0.15, 0.2) is 6.10 Å². The number of likely N-dealkylation sites (N-methyl/N-ethyl adjacent to an activating group) is 1. The summed E-state index contributed by atoms with van der Waals surface area (Å²) in [6.45, 7) is 0.522. The van der Waals surface area contributed by atoms with E-state index in [1.807, 2.05) is 24.3 Å². The number of carbonyl (C=O) groups excluding carboxylic acids is 1. The van der Waals surface area contributed by atoms with Gasteiger partial charge >= 0.3 is 0 Å². The third kappa shape index (κ3) is 1.88. The van der Waals surface area contributed by atoms with Crippen LogP contribution in [0.4, 0.5) is 5.69 Å². The van der Waals surface area contributed by atoms with Crippen molar-refractivity contribution < 1.29 is 9.53 Å². The maximum atomic E-state index is 11.7. The Morgan fingerprint density at radius 1 is 1.47 bits per heavy atom. The molecule has 1 heterocycles. The van der Waals surface area contributed by atoms with Crippen molar-refractivity contribution in [3.8, 4) is 5.75 Å². The van der Waals surface area contributed by atoms with Gasteiger partial charge in [0.2, 0.25) is 0 Å². The number of anilines is 1. The number of carbonyl (C=O) groups is 1. The number of benzene rings is 1. The first-order valence-corrected chi connectivity index (χ1v) is 4.89. The van der Waals surface area contributed by atoms with Crippen molar-refractivity contribution in [2.45, 2.75) is 6.10 Å². The van der Waals surface area contributed by atoms with Crippen LogP contribution in [0.5, 0.6) is 5.75 Å². The lowest BCUT2D eigenvalue weighted by molar-refractivity contribution is -0.135. The van der Waals surface area contributed by atoms with Gasteiger partial charge in [-0.05, 0) is 12.1 Å². The molecule has 0 bridgehead atoms. The number of para-hydroxylation sites is 2. The first-order chi connectivity index (χ1) is 7.18. The van der Waals surface area contributed by atoms with Crippen LogP contribution in [0.25, 0.3) is 0 Å². The van der Waals surface area contributed by atoms with E-state index in [2.05, 4.69) is 5.32 Å². The predicted molar refractivity (Wildman–Crippen MR) is 58.0 cm³/mol. The molecule has 1 unspecified atom stereocenters. The zero-order valence-electron chi connectivity index (χ0n) is 8.86. The minimum Gasteiger partial charge on any atom is -0.477 e. The van der Waals surface area contributed by atoms with Crippen LogP contribution in [0.2, 0.25) is 0 Å². The van der Waals surface area contributed by atoms with E-state index in [-0.39, 0.29) is 5.91 Å². The number of nitrogens with zero attached hydrogens (tertiary/aromatic N) is 1. The molecule has 0 fully saturated rings. The molecule has 1 amide bonds. The summed E-state index contributed by atoms with van der Waals surface area (Å²) in [7, 11) is 3.46. The van der Waals surface area contributed by atoms with Crippen LogP contribution < -0.4 is 10.1 Å². The van der Waals surface area contributed by atoms with E-state index in [1.54, 1.807) is 19.0 Å². The molecule has 0 spiro atoms. The van der Waals surface area contributed by atoms with E-state index in [0.717, 1.165) is 11.4 Å². The lowest BCUT2D eigenvalue weighted by atomic mass is 10.2. The van der Waals surface area contributed by atoms with Gasteiger partial charge in [-0.15, -0.1) is 0 Å². The summed E-state index contributed by atoms with van der Waals surface area (Å²) in [6.07, 6.45) is -0.421. The molecule has 1 aromatic carbocycles. The summed E-state index contributed by atoms with van der Waals surface area (Å²) in [5.41, 5.74) is 0.945. The molecule has 0 aliphatic carbocycles. The highest BCUT2D eigenvalue weighted by molar-refractivity contribution is 5.82. The van der Waals surface area contributed by atoms with Crippen LogP contribution in [-0.4, -0.2) is 37.6 Å². The van der Waals surface area contributed by atoms with Gasteiger partial charge in [0, 0.05) is 14.1 Å². The Morgan fingerprint density at radius 2 is 2.20 bits per heavy atom. The van der Waals surface area contributed by atoms with Crippen molar-refractivity contribution in [3.05, 3.63) is 24.3 Å². The average Bonchev–Trinajstić information content (AvgIpc) is 2.27. The normalized spacial score (nSPS) is 18.4. The number of fused-ring (bicyclic) bond motifs is 1. The van der Waals surface area contributed by atoms with Crippen LogP contribution in [-0.2, 0) is 4.79 Å². The Labute approximate surface area is 88.8 Å². The molecule has 1 aliphatic heterocycles. The Bertz CT molecular complexity index is 377. The zero-order chi connectivity index (χ0) is 10.8. The quantitative estimate of drug-likeness (QED) is 0.743. The molecule has 0 saturated carbocycles. The largest absolute Gasteiger partial charge is 0.477 e. The molecule has 1 atom stereocenters. The average molecular weight is 206 g/mol. The number of nitrogens with one attached hydrogen (secondary N) is 1. The van der Waals surface area contributed by atoms with Gasteiger partial charge < -0.3 is 15.0 Å². The highest BCUT2D eigenvalue weighted by atomic mass is 16.5. The molecule has 2 rings (SSSR count). The summed E-state index contributed by atoms with van der Waals surface area (Å²) in [6, 6.07) is 7.62. The van der Waals surface area contributed by atoms with E-state index in [9.17, 15) is 4.79 Å². The summed E-state index contributed by atoms with van der Waals surface area (Å²) in [4.78, 5) is 13.2. The molecule has 0 aromatic heterocycles. The Morgan fingerprint density at radius 3 is 2.93 bits per heavy atom. The van der Waals surface area contributed by atoms with Crippen molar-refractivity contribution in [1.29, 1.82) is 0 Å². The van der Waals surface area contributed by atoms with E-state index >= 15 is 0 Å². The second-order valence-corrected chi connectivity index (χ2v) is 3.72. The Balaban J connectivity index is 2.15. The lowest BCUT2D eigenvalue weighted by Gasteiger charge is -2.28. The van der Waals surface area contributed by atoms with Gasteiger partial charge in [-0.3, -0.25) is 4.79 Å². The predicted octanol–water partition coefficient (Wildman–Crippen LogP) is 0.948. The van der Waals surface area contributed by atoms with Crippen molar-refractivity contribution in [3.63, 3.8) is 0 Å². The van der Waals surface area contributed by atoms with Crippen molar-refractivity contribution in [2.75, 3.05) is 26.0 Å². The Kier molecular flexibility index (Phi) is 2.49. The third-order valence-electron chi connectivity index (χ3n) is 2.35. The third-order valence-corrected chi connectivity index (χ3v) is 2.35. The molecule has 4 nitrogen and oxygen atoms in total. The number of rotatable bonds is 1. The van der Waals surface area contributed by atoms with Crippen LogP contribution in [0.3, 0.4) is 0 Å². The van der Waals surface area contributed by atoms with Gasteiger partial charge in [0.1, 0.15) is 5.75 Å². The summed E-state index contributed by atoms with van der Waals surface area (Å²) in [5.74, 6) is 0.723. The molecule has 0 radical (unpaired) electrons. The van der Waals surface area contributed by atoms with Crippen LogP contribution in [0, 0.1) is 0 Å². The molecule has 0 saturated heterocycles. The number of ether oxygens (including phenoxy) is 1. The topological polar surface area (TPSA) is 41.6 Å². The minimum atomic E-state index is -0.421. The number of amides is 1. The van der Waals surface area contributed by atoms with E-state index < -0.39 is 6.10 Å². The smallest absolute Gasteiger partial charge is 0.264 e. The van der Waals surface area contributed by atoms with Gasteiger partial charge in [0.25, 0.3) is 5.91 Å². The number of hydrogen-bond acceptors (Lipinski definition) is 3. The number of hydrogen-bond donors (Lipinski definition) is 1. The van der Waals surface area contributed by atoms with E-state index in [1.165, 1.54) is 0 Å². The van der Waals surface area contributed by atoms with Crippen LogP contribution in [0.1, 0.15) is 0 Å². The first-order valence-electron chi connectivity index (χ1n) is 4.89. The van der Waals surface area contributed by atoms with Gasteiger partial charge in [-0.25, -0.2) is 0 Å². The maximum absolute atomic E-state index is 11.7. The van der Waals surface area contributed by atoms with Crippen molar-refractivity contribution in [2.24, 2.45) is 0 Å². The van der Waals surface area contributed by atoms with Gasteiger partial charge in [-0.2, -0.15) is 0 Å². The standard InChI is InChI=1S/C11H14N2O2/c1-13(2)11(14)10-7-12-8-5-3-4-6-9(8)15-10/h3-6,10,12H,7H2,1-2H3. The molecule has 15 heavy (non-hydrogen) atoms. The van der Waals surface area contributed by atoms with Crippen LogP contribution in [0.15, 0.2) is 24.3 Å². The molecule has 80 valence electrons. The second-order valence-electron chi connectivity index (χ2n) is 3.72. The lowest BCUT2D eigenvalue weighted by Crippen LogP contribution is -2.44. The highest BCUT2D eigenvalue weighted by Crippen LogP contribution is 2.28. The molecule has 1 aliphatic rings. The molecular weight excluding hydrogens is 192 g/mol. The molecule has 1 N–H and O–H groups in total. The van der Waals surface area contributed by atoms with Crippen molar-refractivity contribution in [1.82, 2.24) is 4.90 Å². The highest BCUT2D eigenvalue weighted by Gasteiger charge is 2.26. The monoisotopic (exact) mass is 206 g/mol. The maximum Gasteiger partial charge on any atom is 0.264 e. The fourth-order valence-corrected chi connectivity index (χ4v) is 1.54. The summed E-state index contributed by atoms with van der Waals surface area (Å²) < 4.78 is 5.60.